The van der Waals surface area contributed by atoms with Gasteiger partial charge in [-0.15, -0.1) is 0 Å². The number of hydrogen-bond donors (Lipinski definition) is 1. The number of benzene rings is 2. The quantitative estimate of drug-likeness (QED) is 0.339. The Hall–Kier alpha value is -4.07. The molecule has 0 radical (unpaired) electrons. The van der Waals surface area contributed by atoms with Crippen LogP contribution in [0.5, 0.6) is 5.75 Å². The summed E-state index contributed by atoms with van der Waals surface area (Å²) in [6.45, 7) is 10.4. The van der Waals surface area contributed by atoms with E-state index >= 15 is 0 Å². The summed E-state index contributed by atoms with van der Waals surface area (Å²) in [4.78, 5) is 28.9. The van der Waals surface area contributed by atoms with E-state index in [0.717, 1.165) is 34.1 Å². The highest BCUT2D eigenvalue weighted by atomic mass is 16.5. The molecule has 1 saturated heterocycles. The number of ether oxygens (including phenoxy) is 1. The fourth-order valence-corrected chi connectivity index (χ4v) is 4.74. The minimum Gasteiger partial charge on any atom is -0.495 e. The zero-order chi connectivity index (χ0) is 25.8. The molecule has 2 aromatic carbocycles. The molecule has 0 bridgehead atoms. The highest BCUT2D eigenvalue weighted by Gasteiger charge is 2.27. The number of piperazine rings is 1. The van der Waals surface area contributed by atoms with Gasteiger partial charge < -0.3 is 19.1 Å². The van der Waals surface area contributed by atoms with Crippen molar-refractivity contribution in [3.05, 3.63) is 76.6 Å². The van der Waals surface area contributed by atoms with E-state index < -0.39 is 11.8 Å². The fourth-order valence-electron chi connectivity index (χ4n) is 4.74. The van der Waals surface area contributed by atoms with E-state index in [2.05, 4.69) is 52.0 Å². The van der Waals surface area contributed by atoms with Crippen LogP contribution in [-0.4, -0.2) is 60.8 Å². The zero-order valence-electron chi connectivity index (χ0n) is 21.5. The number of carbonyl (C=O) groups is 2. The summed E-state index contributed by atoms with van der Waals surface area (Å²) >= 11 is 0. The zero-order valence-corrected chi connectivity index (χ0v) is 21.5. The Bertz CT molecular complexity index is 1300. The van der Waals surface area contributed by atoms with Gasteiger partial charge in [-0.1, -0.05) is 29.8 Å². The molecule has 1 aliphatic rings. The lowest BCUT2D eigenvalue weighted by Crippen LogP contribution is -2.52. The Balaban J connectivity index is 1.36. The molecule has 1 aliphatic heterocycles. The Kier molecular flexibility index (Phi) is 7.43. The predicted octanol–water partition coefficient (Wildman–Crippen LogP) is 3.52. The van der Waals surface area contributed by atoms with Crippen molar-refractivity contribution in [3.63, 3.8) is 0 Å². The van der Waals surface area contributed by atoms with Crippen molar-refractivity contribution < 1.29 is 14.3 Å². The largest absolute Gasteiger partial charge is 0.495 e. The summed E-state index contributed by atoms with van der Waals surface area (Å²) in [7, 11) is 1.64. The maximum atomic E-state index is 12.7. The minimum absolute atomic E-state index is 0.449. The molecule has 0 saturated carbocycles. The SMILES string of the molecule is COc1ccccc1N1CCN(C(=O)C(=O)N/N=C\c2cc(C)n(-c3ccc(C)cc3C)c2C)CC1. The number of anilines is 1. The first-order valence-electron chi connectivity index (χ1n) is 12.1. The van der Waals surface area contributed by atoms with E-state index in [4.69, 9.17) is 4.74 Å². The van der Waals surface area contributed by atoms with Gasteiger partial charge in [-0.3, -0.25) is 9.59 Å². The van der Waals surface area contributed by atoms with Crippen LogP contribution >= 0.6 is 0 Å². The topological polar surface area (TPSA) is 79.2 Å². The molecule has 1 fully saturated rings. The van der Waals surface area contributed by atoms with Crippen LogP contribution in [0, 0.1) is 27.7 Å². The lowest BCUT2D eigenvalue weighted by atomic mass is 10.1. The summed E-state index contributed by atoms with van der Waals surface area (Å²) in [5.41, 5.74) is 9.86. The molecule has 0 aliphatic carbocycles. The first-order chi connectivity index (χ1) is 17.3. The van der Waals surface area contributed by atoms with Gasteiger partial charge in [0.15, 0.2) is 0 Å². The number of methoxy groups -OCH3 is 1. The molecule has 8 heteroatoms. The van der Waals surface area contributed by atoms with Crippen molar-refractivity contribution in [2.75, 3.05) is 38.2 Å². The normalized spacial score (nSPS) is 13.8. The van der Waals surface area contributed by atoms with Crippen molar-refractivity contribution in [2.24, 2.45) is 5.10 Å². The Labute approximate surface area is 212 Å². The van der Waals surface area contributed by atoms with Gasteiger partial charge in [-0.25, -0.2) is 5.43 Å². The second-order valence-electron chi connectivity index (χ2n) is 9.10. The summed E-state index contributed by atoms with van der Waals surface area (Å²) in [5.74, 6) is -0.519. The maximum Gasteiger partial charge on any atom is 0.329 e. The van der Waals surface area contributed by atoms with Crippen LogP contribution in [0.4, 0.5) is 5.69 Å². The van der Waals surface area contributed by atoms with E-state index in [1.54, 1.807) is 18.2 Å². The number of carbonyl (C=O) groups excluding carboxylic acids is 2. The number of hydrazone groups is 1. The van der Waals surface area contributed by atoms with Crippen LogP contribution in [-0.2, 0) is 9.59 Å². The molecule has 2 heterocycles. The van der Waals surface area contributed by atoms with Crippen molar-refractivity contribution in [3.8, 4) is 11.4 Å². The van der Waals surface area contributed by atoms with Gasteiger partial charge in [0.2, 0.25) is 0 Å². The van der Waals surface area contributed by atoms with E-state index in [1.807, 2.05) is 44.2 Å². The van der Waals surface area contributed by atoms with Crippen LogP contribution in [0.1, 0.15) is 28.1 Å². The summed E-state index contributed by atoms with van der Waals surface area (Å²) in [6.07, 6.45) is 1.59. The van der Waals surface area contributed by atoms with Crippen LogP contribution in [0.3, 0.4) is 0 Å². The maximum absolute atomic E-state index is 12.7. The second kappa shape index (κ2) is 10.7. The van der Waals surface area contributed by atoms with Crippen LogP contribution in [0.25, 0.3) is 5.69 Å². The lowest BCUT2D eigenvalue weighted by Gasteiger charge is -2.36. The van der Waals surface area contributed by atoms with E-state index in [9.17, 15) is 9.59 Å². The van der Waals surface area contributed by atoms with Gasteiger partial charge in [0.05, 0.1) is 19.0 Å². The van der Waals surface area contributed by atoms with Crippen molar-refractivity contribution in [2.45, 2.75) is 27.7 Å². The number of para-hydroxylation sites is 2. The van der Waals surface area contributed by atoms with Crippen molar-refractivity contribution in [1.29, 1.82) is 0 Å². The number of hydrogen-bond acceptors (Lipinski definition) is 5. The van der Waals surface area contributed by atoms with E-state index in [0.29, 0.717) is 26.2 Å². The molecular weight excluding hydrogens is 454 g/mol. The molecule has 2 amide bonds. The lowest BCUT2D eigenvalue weighted by molar-refractivity contribution is -0.146. The first kappa shape index (κ1) is 25.0. The van der Waals surface area contributed by atoms with Crippen LogP contribution < -0.4 is 15.1 Å². The highest BCUT2D eigenvalue weighted by molar-refractivity contribution is 6.35. The summed E-state index contributed by atoms with van der Waals surface area (Å²) in [6, 6.07) is 16.2. The predicted molar refractivity (Wildman–Crippen MR) is 142 cm³/mol. The third-order valence-electron chi connectivity index (χ3n) is 6.62. The van der Waals surface area contributed by atoms with Gasteiger partial charge in [-0.05, 0) is 57.5 Å². The molecule has 0 atom stereocenters. The molecule has 0 spiro atoms. The van der Waals surface area contributed by atoms with Gasteiger partial charge in [0, 0.05) is 48.8 Å². The number of amides is 2. The molecule has 188 valence electrons. The van der Waals surface area contributed by atoms with Gasteiger partial charge in [0.25, 0.3) is 0 Å². The van der Waals surface area contributed by atoms with E-state index in [1.165, 1.54) is 11.1 Å². The Morgan fingerprint density at radius 3 is 2.36 bits per heavy atom. The third-order valence-corrected chi connectivity index (χ3v) is 6.62. The smallest absolute Gasteiger partial charge is 0.329 e. The average molecular weight is 488 g/mol. The first-order valence-corrected chi connectivity index (χ1v) is 12.1. The van der Waals surface area contributed by atoms with Gasteiger partial charge >= 0.3 is 11.8 Å². The Morgan fingerprint density at radius 2 is 1.67 bits per heavy atom. The molecule has 4 rings (SSSR count). The monoisotopic (exact) mass is 487 g/mol. The molecule has 8 nitrogen and oxygen atoms in total. The third kappa shape index (κ3) is 5.12. The summed E-state index contributed by atoms with van der Waals surface area (Å²) in [5, 5.41) is 4.08. The number of aromatic nitrogens is 1. The highest BCUT2D eigenvalue weighted by Crippen LogP contribution is 2.28. The summed E-state index contributed by atoms with van der Waals surface area (Å²) < 4.78 is 7.61. The van der Waals surface area contributed by atoms with Gasteiger partial charge in [-0.2, -0.15) is 5.10 Å². The molecule has 36 heavy (non-hydrogen) atoms. The number of nitrogens with zero attached hydrogens (tertiary/aromatic N) is 4. The molecule has 3 aromatic rings. The fraction of sp³-hybridized carbons (Fsp3) is 0.321. The van der Waals surface area contributed by atoms with Crippen LogP contribution in [0.15, 0.2) is 53.6 Å². The van der Waals surface area contributed by atoms with Gasteiger partial charge in [0.1, 0.15) is 5.75 Å². The second-order valence-corrected chi connectivity index (χ2v) is 9.10. The Morgan fingerprint density at radius 1 is 0.944 bits per heavy atom. The van der Waals surface area contributed by atoms with Crippen molar-refractivity contribution in [1.82, 2.24) is 14.9 Å². The molecular formula is C28H33N5O3. The molecule has 1 N–H and O–H groups in total. The number of aryl methyl sites for hydroxylation is 3. The molecule has 1 aromatic heterocycles. The number of nitrogens with one attached hydrogen (secondary N) is 1. The van der Waals surface area contributed by atoms with Crippen molar-refractivity contribution >= 4 is 23.7 Å². The van der Waals surface area contributed by atoms with E-state index in [-0.39, 0.29) is 0 Å². The minimum atomic E-state index is -0.736. The van der Waals surface area contributed by atoms with Crippen LogP contribution in [0.2, 0.25) is 0 Å². The standard InChI is InChI=1S/C28H33N5O3/c1-19-10-11-24(20(2)16-19)33-21(3)17-23(22(33)4)18-29-30-27(34)28(35)32-14-12-31(13-15-32)25-8-6-7-9-26(25)36-5/h6-11,16-18H,12-15H2,1-5H3,(H,30,34)/b29-18-. The number of rotatable bonds is 5. The average Bonchev–Trinajstić information content (AvgIpc) is 3.16. The molecule has 0 unspecified atom stereocenters.